The van der Waals surface area contributed by atoms with Gasteiger partial charge in [0.05, 0.1) is 5.39 Å². The van der Waals surface area contributed by atoms with Crippen LogP contribution in [-0.2, 0) is 0 Å². The van der Waals surface area contributed by atoms with Crippen molar-refractivity contribution in [3.8, 4) is 11.1 Å². The fraction of sp³-hybridized carbons (Fsp3) is 0.148. The topological polar surface area (TPSA) is 49.3 Å². The number of hydrogen-bond acceptors (Lipinski definition) is 5. The van der Waals surface area contributed by atoms with Crippen LogP contribution < -0.4 is 4.90 Å². The van der Waals surface area contributed by atoms with Crippen LogP contribution >= 0.6 is 11.3 Å². The van der Waals surface area contributed by atoms with Gasteiger partial charge in [-0.2, -0.15) is 0 Å². The Hall–Kier alpha value is -3.77. The number of thiophene rings is 1. The van der Waals surface area contributed by atoms with Crippen LogP contribution in [0.3, 0.4) is 0 Å². The minimum absolute atomic E-state index is 0.0970. The number of fused-ring (bicyclic) bond motifs is 2. The van der Waals surface area contributed by atoms with Crippen molar-refractivity contribution < 1.29 is 4.79 Å². The van der Waals surface area contributed by atoms with Gasteiger partial charge >= 0.3 is 0 Å². The van der Waals surface area contributed by atoms with Gasteiger partial charge in [-0.1, -0.05) is 66.7 Å². The second-order valence-corrected chi connectivity index (χ2v) is 9.06. The Morgan fingerprint density at radius 1 is 0.818 bits per heavy atom. The molecule has 1 aliphatic heterocycles. The molecule has 0 aliphatic carbocycles. The molecular formula is C27H22N4OS. The molecule has 1 fully saturated rings. The summed E-state index contributed by atoms with van der Waals surface area (Å²) in [6, 6.07) is 24.4. The van der Waals surface area contributed by atoms with E-state index < -0.39 is 0 Å². The summed E-state index contributed by atoms with van der Waals surface area (Å²) >= 11 is 1.65. The Kier molecular flexibility index (Phi) is 5.00. The van der Waals surface area contributed by atoms with Gasteiger partial charge in [-0.05, 0) is 22.4 Å². The molecule has 3 heterocycles. The first-order valence-electron chi connectivity index (χ1n) is 11.1. The van der Waals surface area contributed by atoms with Crippen LogP contribution in [0.1, 0.15) is 10.4 Å². The molecule has 5 aromatic rings. The van der Waals surface area contributed by atoms with E-state index in [1.54, 1.807) is 17.7 Å². The van der Waals surface area contributed by atoms with E-state index >= 15 is 0 Å². The Balaban J connectivity index is 1.27. The standard InChI is InChI=1S/C27H22N4OS/c32-27(22-12-6-10-19-9-4-5-11-21(19)22)31-15-13-30(14-16-31)25-24-23(20-7-2-1-3-8-20)17-33-26(24)29-18-28-25/h1-12,17-18H,13-16H2. The fourth-order valence-corrected chi connectivity index (χ4v) is 5.54. The van der Waals surface area contributed by atoms with Crippen LogP contribution in [0.25, 0.3) is 32.1 Å². The predicted molar refractivity (Wildman–Crippen MR) is 135 cm³/mol. The van der Waals surface area contributed by atoms with Crippen LogP contribution in [0.2, 0.25) is 0 Å². The van der Waals surface area contributed by atoms with Crippen LogP contribution in [0.5, 0.6) is 0 Å². The first-order valence-corrected chi connectivity index (χ1v) is 12.0. The van der Waals surface area contributed by atoms with Crippen molar-refractivity contribution in [3.63, 3.8) is 0 Å². The molecule has 0 unspecified atom stereocenters. The second-order valence-electron chi connectivity index (χ2n) is 8.20. The number of piperazine rings is 1. The fourth-order valence-electron chi connectivity index (χ4n) is 4.63. The number of benzene rings is 3. The third-order valence-electron chi connectivity index (χ3n) is 6.32. The molecule has 1 amide bonds. The van der Waals surface area contributed by atoms with E-state index in [9.17, 15) is 4.79 Å². The smallest absolute Gasteiger partial charge is 0.254 e. The molecule has 6 heteroatoms. The minimum atomic E-state index is 0.0970. The normalized spacial score (nSPS) is 14.2. The number of nitrogens with zero attached hydrogens (tertiary/aromatic N) is 4. The van der Waals surface area contributed by atoms with Gasteiger partial charge in [-0.25, -0.2) is 9.97 Å². The van der Waals surface area contributed by atoms with Crippen molar-refractivity contribution in [1.29, 1.82) is 0 Å². The first-order chi connectivity index (χ1) is 16.3. The van der Waals surface area contributed by atoms with Gasteiger partial charge < -0.3 is 9.80 Å². The zero-order valence-corrected chi connectivity index (χ0v) is 18.8. The quantitative estimate of drug-likeness (QED) is 0.366. The highest BCUT2D eigenvalue weighted by Crippen LogP contribution is 2.38. The van der Waals surface area contributed by atoms with Crippen LogP contribution in [0.15, 0.2) is 84.5 Å². The Bertz CT molecular complexity index is 1450. The van der Waals surface area contributed by atoms with Gasteiger partial charge in [0.25, 0.3) is 5.91 Å². The Morgan fingerprint density at radius 2 is 1.58 bits per heavy atom. The molecule has 1 aliphatic rings. The summed E-state index contributed by atoms with van der Waals surface area (Å²) in [6.45, 7) is 2.82. The van der Waals surface area contributed by atoms with Crippen molar-refractivity contribution in [1.82, 2.24) is 14.9 Å². The number of amides is 1. The summed E-state index contributed by atoms with van der Waals surface area (Å²) in [6.07, 6.45) is 1.65. The van der Waals surface area contributed by atoms with E-state index in [1.807, 2.05) is 41.3 Å². The molecule has 33 heavy (non-hydrogen) atoms. The molecule has 0 N–H and O–H groups in total. The van der Waals surface area contributed by atoms with Gasteiger partial charge in [-0.3, -0.25) is 4.79 Å². The number of aromatic nitrogens is 2. The lowest BCUT2D eigenvalue weighted by atomic mass is 10.0. The molecule has 0 atom stereocenters. The summed E-state index contributed by atoms with van der Waals surface area (Å²) in [5, 5.41) is 5.37. The number of carbonyl (C=O) groups is 1. The Labute approximate surface area is 195 Å². The molecule has 5 nitrogen and oxygen atoms in total. The van der Waals surface area contributed by atoms with Gasteiger partial charge in [0.1, 0.15) is 17.0 Å². The molecule has 0 bridgehead atoms. The van der Waals surface area contributed by atoms with Gasteiger partial charge in [0.2, 0.25) is 0 Å². The largest absolute Gasteiger partial charge is 0.352 e. The van der Waals surface area contributed by atoms with Gasteiger partial charge in [0, 0.05) is 42.7 Å². The van der Waals surface area contributed by atoms with E-state index in [2.05, 4.69) is 56.6 Å². The lowest BCUT2D eigenvalue weighted by Crippen LogP contribution is -2.49. The molecular weight excluding hydrogens is 428 g/mol. The molecule has 3 aromatic carbocycles. The van der Waals surface area contributed by atoms with Crippen molar-refractivity contribution >= 4 is 44.1 Å². The highest BCUT2D eigenvalue weighted by Gasteiger charge is 2.26. The SMILES string of the molecule is O=C(c1cccc2ccccc12)N1CCN(c2ncnc3scc(-c4ccccc4)c23)CC1. The third kappa shape index (κ3) is 3.52. The number of hydrogen-bond donors (Lipinski definition) is 0. The average molecular weight is 451 g/mol. The first kappa shape index (κ1) is 19.9. The average Bonchev–Trinajstić information content (AvgIpc) is 3.33. The monoisotopic (exact) mass is 450 g/mol. The summed E-state index contributed by atoms with van der Waals surface area (Å²) < 4.78 is 0. The zero-order valence-electron chi connectivity index (χ0n) is 18.0. The van der Waals surface area contributed by atoms with E-state index in [1.165, 1.54) is 11.1 Å². The lowest BCUT2D eigenvalue weighted by Gasteiger charge is -2.36. The summed E-state index contributed by atoms with van der Waals surface area (Å²) in [5.41, 5.74) is 3.11. The van der Waals surface area contributed by atoms with Crippen LogP contribution in [-0.4, -0.2) is 47.0 Å². The molecule has 162 valence electrons. The van der Waals surface area contributed by atoms with Crippen molar-refractivity contribution in [2.24, 2.45) is 0 Å². The highest BCUT2D eigenvalue weighted by molar-refractivity contribution is 7.17. The number of carbonyl (C=O) groups excluding carboxylic acids is 1. The van der Waals surface area contributed by atoms with Crippen molar-refractivity contribution in [3.05, 3.63) is 90.1 Å². The molecule has 2 aromatic heterocycles. The predicted octanol–water partition coefficient (Wildman–Crippen LogP) is 5.47. The van der Waals surface area contributed by atoms with Gasteiger partial charge in [0.15, 0.2) is 0 Å². The maximum Gasteiger partial charge on any atom is 0.254 e. The summed E-state index contributed by atoms with van der Waals surface area (Å²) in [4.78, 5) is 27.8. The number of anilines is 1. The molecule has 0 spiro atoms. The maximum absolute atomic E-state index is 13.4. The van der Waals surface area contributed by atoms with E-state index in [-0.39, 0.29) is 5.91 Å². The zero-order chi connectivity index (χ0) is 22.2. The van der Waals surface area contributed by atoms with E-state index in [0.29, 0.717) is 13.1 Å². The van der Waals surface area contributed by atoms with E-state index in [0.717, 1.165) is 45.5 Å². The van der Waals surface area contributed by atoms with Gasteiger partial charge in [-0.15, -0.1) is 11.3 Å². The summed E-state index contributed by atoms with van der Waals surface area (Å²) in [7, 11) is 0. The minimum Gasteiger partial charge on any atom is -0.352 e. The van der Waals surface area contributed by atoms with Crippen LogP contribution in [0, 0.1) is 0 Å². The molecule has 0 saturated carbocycles. The molecule has 6 rings (SSSR count). The molecule has 0 radical (unpaired) electrons. The third-order valence-corrected chi connectivity index (χ3v) is 7.21. The van der Waals surface area contributed by atoms with Crippen molar-refractivity contribution in [2.75, 3.05) is 31.1 Å². The van der Waals surface area contributed by atoms with Crippen molar-refractivity contribution in [2.45, 2.75) is 0 Å². The number of rotatable bonds is 3. The highest BCUT2D eigenvalue weighted by atomic mass is 32.1. The maximum atomic E-state index is 13.4. The molecule has 1 saturated heterocycles. The lowest BCUT2D eigenvalue weighted by molar-refractivity contribution is 0.0748. The Morgan fingerprint density at radius 3 is 2.42 bits per heavy atom. The van der Waals surface area contributed by atoms with Crippen LogP contribution in [0.4, 0.5) is 5.82 Å². The summed E-state index contributed by atoms with van der Waals surface area (Å²) in [5.74, 6) is 1.05. The second kappa shape index (κ2) is 8.30. The van der Waals surface area contributed by atoms with E-state index in [4.69, 9.17) is 0 Å².